The lowest BCUT2D eigenvalue weighted by atomic mass is 10.1. The fraction of sp³-hybridized carbons (Fsp3) is 0.250. The Balaban J connectivity index is 1.70. The van der Waals surface area contributed by atoms with Crippen LogP contribution in [-0.2, 0) is 19.4 Å². The molecule has 1 N–H and O–H groups in total. The van der Waals surface area contributed by atoms with Gasteiger partial charge in [0.15, 0.2) is 0 Å². The highest BCUT2D eigenvalue weighted by atomic mass is 15.0. The van der Waals surface area contributed by atoms with E-state index in [1.807, 2.05) is 30.3 Å². The van der Waals surface area contributed by atoms with Gasteiger partial charge in [-0.05, 0) is 48.6 Å². The van der Waals surface area contributed by atoms with Gasteiger partial charge < -0.3 is 5.32 Å². The van der Waals surface area contributed by atoms with Crippen LogP contribution >= 0.6 is 0 Å². The third kappa shape index (κ3) is 2.58. The molecule has 1 heterocycles. The topological polar surface area (TPSA) is 48.7 Å². The van der Waals surface area contributed by atoms with Crippen molar-refractivity contribution < 1.29 is 0 Å². The Bertz CT molecular complexity index is 641. The van der Waals surface area contributed by atoms with E-state index in [1.165, 1.54) is 17.7 Å². The van der Waals surface area contributed by atoms with Crippen LogP contribution in [0.3, 0.4) is 0 Å². The van der Waals surface area contributed by atoms with Crippen molar-refractivity contribution in [1.82, 2.24) is 4.98 Å². The Morgan fingerprint density at radius 2 is 2.16 bits per heavy atom. The van der Waals surface area contributed by atoms with Gasteiger partial charge in [-0.15, -0.1) is 0 Å². The third-order valence-corrected chi connectivity index (χ3v) is 3.46. The summed E-state index contributed by atoms with van der Waals surface area (Å²) in [5, 5.41) is 12.2. The lowest BCUT2D eigenvalue weighted by Gasteiger charge is -2.07. The molecular weight excluding hydrogens is 234 g/mol. The van der Waals surface area contributed by atoms with Crippen LogP contribution in [0.2, 0.25) is 0 Å². The molecule has 1 aromatic carbocycles. The molecule has 0 spiro atoms. The quantitative estimate of drug-likeness (QED) is 0.909. The number of rotatable bonds is 3. The van der Waals surface area contributed by atoms with Crippen molar-refractivity contribution in [3.63, 3.8) is 0 Å². The fourth-order valence-corrected chi connectivity index (χ4v) is 2.46. The maximum absolute atomic E-state index is 8.87. The summed E-state index contributed by atoms with van der Waals surface area (Å²) in [6, 6.07) is 14.0. The van der Waals surface area contributed by atoms with E-state index in [1.54, 1.807) is 0 Å². The Hall–Kier alpha value is -2.34. The van der Waals surface area contributed by atoms with Crippen molar-refractivity contribution in [3.8, 4) is 6.07 Å². The Morgan fingerprint density at radius 1 is 1.21 bits per heavy atom. The molecule has 19 heavy (non-hydrogen) atoms. The van der Waals surface area contributed by atoms with Crippen LogP contribution in [0.5, 0.6) is 0 Å². The number of aromatic nitrogens is 1. The lowest BCUT2D eigenvalue weighted by molar-refractivity contribution is 0.899. The van der Waals surface area contributed by atoms with Gasteiger partial charge in [0.05, 0.1) is 11.6 Å². The molecule has 3 heteroatoms. The van der Waals surface area contributed by atoms with Crippen LogP contribution in [0.25, 0.3) is 0 Å². The molecule has 0 saturated carbocycles. The molecule has 3 nitrogen and oxygen atoms in total. The normalized spacial score (nSPS) is 12.8. The number of aryl methyl sites for hydroxylation is 2. The van der Waals surface area contributed by atoms with E-state index in [0.29, 0.717) is 12.1 Å². The second-order valence-electron chi connectivity index (χ2n) is 4.82. The number of fused-ring (bicyclic) bond motifs is 1. The molecule has 0 aliphatic heterocycles. The fourth-order valence-electron chi connectivity index (χ4n) is 2.46. The van der Waals surface area contributed by atoms with Crippen LogP contribution in [0, 0.1) is 11.3 Å². The summed E-state index contributed by atoms with van der Waals surface area (Å²) in [5.74, 6) is 0.919. The number of nitrogens with one attached hydrogen (secondary N) is 1. The van der Waals surface area contributed by atoms with Gasteiger partial charge in [-0.1, -0.05) is 18.2 Å². The van der Waals surface area contributed by atoms with Crippen molar-refractivity contribution in [2.45, 2.75) is 25.8 Å². The van der Waals surface area contributed by atoms with E-state index in [0.717, 1.165) is 24.2 Å². The number of anilines is 1. The molecule has 94 valence electrons. The smallest absolute Gasteiger partial charge is 0.126 e. The van der Waals surface area contributed by atoms with Gasteiger partial charge in [0.2, 0.25) is 0 Å². The van der Waals surface area contributed by atoms with Crippen molar-refractivity contribution >= 4 is 5.82 Å². The summed E-state index contributed by atoms with van der Waals surface area (Å²) in [6.07, 6.45) is 3.47. The average molecular weight is 249 g/mol. The number of nitriles is 1. The highest BCUT2D eigenvalue weighted by Gasteiger charge is 2.12. The van der Waals surface area contributed by atoms with Crippen molar-refractivity contribution in [1.29, 1.82) is 5.26 Å². The number of benzene rings is 1. The SMILES string of the molecule is N#Cc1cccc(CNc2ccc3c(n2)CCC3)c1. The number of nitrogens with zero attached hydrogens (tertiary/aromatic N) is 2. The van der Waals surface area contributed by atoms with E-state index in [9.17, 15) is 0 Å². The first-order chi connectivity index (χ1) is 9.35. The number of pyridine rings is 1. The molecule has 1 aromatic heterocycles. The van der Waals surface area contributed by atoms with Gasteiger partial charge in [0.25, 0.3) is 0 Å². The first-order valence-corrected chi connectivity index (χ1v) is 6.57. The van der Waals surface area contributed by atoms with Crippen molar-refractivity contribution in [3.05, 3.63) is 58.8 Å². The first kappa shape index (κ1) is 11.7. The van der Waals surface area contributed by atoms with Crippen LogP contribution in [0.4, 0.5) is 5.82 Å². The summed E-state index contributed by atoms with van der Waals surface area (Å²) in [4.78, 5) is 4.63. The largest absolute Gasteiger partial charge is 0.366 e. The van der Waals surface area contributed by atoms with Gasteiger partial charge in [0.1, 0.15) is 5.82 Å². The van der Waals surface area contributed by atoms with Gasteiger partial charge >= 0.3 is 0 Å². The molecule has 0 fully saturated rings. The van der Waals surface area contributed by atoms with E-state index in [4.69, 9.17) is 5.26 Å². The molecule has 0 unspecified atom stereocenters. The number of hydrogen-bond acceptors (Lipinski definition) is 3. The molecule has 0 atom stereocenters. The molecule has 2 aromatic rings. The average Bonchev–Trinajstić information content (AvgIpc) is 2.93. The highest BCUT2D eigenvalue weighted by Crippen LogP contribution is 2.21. The van der Waals surface area contributed by atoms with Gasteiger partial charge in [-0.3, -0.25) is 0 Å². The van der Waals surface area contributed by atoms with Crippen molar-refractivity contribution in [2.24, 2.45) is 0 Å². The molecule has 0 amide bonds. The van der Waals surface area contributed by atoms with Gasteiger partial charge in [-0.25, -0.2) is 4.98 Å². The van der Waals surface area contributed by atoms with Crippen molar-refractivity contribution in [2.75, 3.05) is 5.32 Å². The Labute approximate surface area is 112 Å². The molecule has 0 bridgehead atoms. The van der Waals surface area contributed by atoms with Gasteiger partial charge in [-0.2, -0.15) is 5.26 Å². The minimum Gasteiger partial charge on any atom is -0.366 e. The molecule has 3 rings (SSSR count). The Kier molecular flexibility index (Phi) is 3.16. The monoisotopic (exact) mass is 249 g/mol. The number of hydrogen-bond donors (Lipinski definition) is 1. The zero-order chi connectivity index (χ0) is 13.1. The zero-order valence-electron chi connectivity index (χ0n) is 10.7. The predicted octanol–water partition coefficient (Wildman–Crippen LogP) is 3.05. The summed E-state index contributed by atoms with van der Waals surface area (Å²) < 4.78 is 0. The second kappa shape index (κ2) is 5.11. The molecule has 0 radical (unpaired) electrons. The minimum atomic E-state index is 0.696. The summed E-state index contributed by atoms with van der Waals surface area (Å²) >= 11 is 0. The van der Waals surface area contributed by atoms with Crippen LogP contribution in [0.1, 0.15) is 28.8 Å². The second-order valence-corrected chi connectivity index (χ2v) is 4.82. The first-order valence-electron chi connectivity index (χ1n) is 6.57. The summed E-state index contributed by atoms with van der Waals surface area (Å²) in [5.41, 5.74) is 4.41. The third-order valence-electron chi connectivity index (χ3n) is 3.46. The van der Waals surface area contributed by atoms with Crippen LogP contribution in [-0.4, -0.2) is 4.98 Å². The van der Waals surface area contributed by atoms with E-state index < -0.39 is 0 Å². The summed E-state index contributed by atoms with van der Waals surface area (Å²) in [6.45, 7) is 0.696. The van der Waals surface area contributed by atoms with E-state index in [-0.39, 0.29) is 0 Å². The Morgan fingerprint density at radius 3 is 3.05 bits per heavy atom. The van der Waals surface area contributed by atoms with E-state index in [2.05, 4.69) is 22.4 Å². The predicted molar refractivity (Wildman–Crippen MR) is 74.7 cm³/mol. The lowest BCUT2D eigenvalue weighted by Crippen LogP contribution is -2.03. The standard InChI is InChI=1S/C16H15N3/c17-10-12-3-1-4-13(9-12)11-18-16-8-7-14-5-2-6-15(14)19-16/h1,3-4,7-9H,2,5-6,11H2,(H,18,19). The van der Waals surface area contributed by atoms with Crippen LogP contribution in [0.15, 0.2) is 36.4 Å². The van der Waals surface area contributed by atoms with E-state index >= 15 is 0 Å². The minimum absolute atomic E-state index is 0.696. The molecule has 1 aliphatic rings. The maximum atomic E-state index is 8.87. The van der Waals surface area contributed by atoms with Crippen LogP contribution < -0.4 is 5.32 Å². The summed E-state index contributed by atoms with van der Waals surface area (Å²) in [7, 11) is 0. The molecule has 0 saturated heterocycles. The van der Waals surface area contributed by atoms with Gasteiger partial charge in [0, 0.05) is 12.2 Å². The molecule has 1 aliphatic carbocycles. The maximum Gasteiger partial charge on any atom is 0.126 e. The highest BCUT2D eigenvalue weighted by molar-refractivity contribution is 5.42. The zero-order valence-corrected chi connectivity index (χ0v) is 10.7. The molecular formula is C16H15N3.